The topological polar surface area (TPSA) is 75.9 Å². The Hall–Kier alpha value is -3.22. The molecule has 0 aliphatic rings. The normalized spacial score (nSPS) is 10.8. The van der Waals surface area contributed by atoms with E-state index in [0.29, 0.717) is 23.8 Å². The molecule has 0 spiro atoms. The molecule has 0 unspecified atom stereocenters. The molecule has 140 valence electrons. The lowest BCUT2D eigenvalue weighted by atomic mass is 10.1. The Morgan fingerprint density at radius 2 is 2.00 bits per heavy atom. The van der Waals surface area contributed by atoms with Crippen molar-refractivity contribution in [2.45, 2.75) is 20.4 Å². The molecule has 0 radical (unpaired) electrons. The highest BCUT2D eigenvalue weighted by atomic mass is 16.1. The van der Waals surface area contributed by atoms with Gasteiger partial charge in [0.1, 0.15) is 12.7 Å². The van der Waals surface area contributed by atoms with Crippen LogP contribution in [0.2, 0.25) is 0 Å². The van der Waals surface area contributed by atoms with Gasteiger partial charge in [-0.05, 0) is 36.2 Å². The summed E-state index contributed by atoms with van der Waals surface area (Å²) in [7, 11) is 2.06. The van der Waals surface area contributed by atoms with Gasteiger partial charge in [0, 0.05) is 43.1 Å². The molecule has 0 fully saturated rings. The number of amides is 1. The molecule has 1 aromatic carbocycles. The van der Waals surface area contributed by atoms with Crippen LogP contribution in [0.3, 0.4) is 0 Å². The lowest BCUT2D eigenvalue weighted by molar-refractivity contribution is 0.0951. The Morgan fingerprint density at radius 3 is 2.67 bits per heavy atom. The molecule has 2 aromatic heterocycles. The average Bonchev–Trinajstić information content (AvgIpc) is 3.20. The molecule has 27 heavy (non-hydrogen) atoms. The first-order valence-corrected chi connectivity index (χ1v) is 8.93. The van der Waals surface area contributed by atoms with E-state index in [9.17, 15) is 4.79 Å². The van der Waals surface area contributed by atoms with Crippen LogP contribution in [-0.2, 0) is 6.54 Å². The molecule has 2 heterocycles. The largest absolute Gasteiger partial charge is 0.374 e. The predicted molar refractivity (Wildman–Crippen MR) is 105 cm³/mol. The SMILES string of the molecule is CC(C)CN(C)c1ccc(C(=O)NCc2cccnc2-n2cncn2)cc1. The van der Waals surface area contributed by atoms with E-state index >= 15 is 0 Å². The number of hydrogen-bond donors (Lipinski definition) is 1. The third-order valence-electron chi connectivity index (χ3n) is 4.15. The van der Waals surface area contributed by atoms with Crippen molar-refractivity contribution >= 4 is 11.6 Å². The minimum Gasteiger partial charge on any atom is -0.374 e. The van der Waals surface area contributed by atoms with E-state index in [1.165, 1.54) is 6.33 Å². The van der Waals surface area contributed by atoms with Crippen molar-refractivity contribution in [1.82, 2.24) is 25.1 Å². The van der Waals surface area contributed by atoms with Gasteiger partial charge in [-0.25, -0.2) is 14.6 Å². The molecular weight excluding hydrogens is 340 g/mol. The molecule has 7 heteroatoms. The first-order valence-electron chi connectivity index (χ1n) is 8.93. The summed E-state index contributed by atoms with van der Waals surface area (Å²) in [6, 6.07) is 11.4. The molecule has 0 aliphatic heterocycles. The summed E-state index contributed by atoms with van der Waals surface area (Å²) in [5.74, 6) is 1.11. The maximum Gasteiger partial charge on any atom is 0.251 e. The molecule has 0 saturated carbocycles. The quantitative estimate of drug-likeness (QED) is 0.698. The van der Waals surface area contributed by atoms with Gasteiger partial charge in [-0.15, -0.1) is 0 Å². The van der Waals surface area contributed by atoms with E-state index in [1.807, 2.05) is 36.4 Å². The highest BCUT2D eigenvalue weighted by molar-refractivity contribution is 5.94. The minimum absolute atomic E-state index is 0.124. The summed E-state index contributed by atoms with van der Waals surface area (Å²) < 4.78 is 1.58. The van der Waals surface area contributed by atoms with Crippen LogP contribution in [-0.4, -0.2) is 39.2 Å². The number of hydrogen-bond acceptors (Lipinski definition) is 5. The molecule has 0 atom stereocenters. The fourth-order valence-corrected chi connectivity index (χ4v) is 2.89. The van der Waals surface area contributed by atoms with Crippen molar-refractivity contribution in [1.29, 1.82) is 0 Å². The highest BCUT2D eigenvalue weighted by Crippen LogP contribution is 2.16. The van der Waals surface area contributed by atoms with E-state index < -0.39 is 0 Å². The Kier molecular flexibility index (Phi) is 5.80. The molecule has 0 aliphatic carbocycles. The average molecular weight is 364 g/mol. The monoisotopic (exact) mass is 364 g/mol. The summed E-state index contributed by atoms with van der Waals surface area (Å²) >= 11 is 0. The molecule has 0 saturated heterocycles. The Balaban J connectivity index is 1.65. The van der Waals surface area contributed by atoms with Crippen LogP contribution in [0.1, 0.15) is 29.8 Å². The second kappa shape index (κ2) is 8.44. The van der Waals surface area contributed by atoms with Crippen molar-refractivity contribution in [3.8, 4) is 5.82 Å². The van der Waals surface area contributed by atoms with Crippen molar-refractivity contribution in [2.24, 2.45) is 5.92 Å². The third-order valence-corrected chi connectivity index (χ3v) is 4.15. The van der Waals surface area contributed by atoms with Gasteiger partial charge in [0.05, 0.1) is 0 Å². The Labute approximate surface area is 159 Å². The summed E-state index contributed by atoms with van der Waals surface area (Å²) in [6.07, 6.45) is 4.73. The lowest BCUT2D eigenvalue weighted by Gasteiger charge is -2.21. The Bertz CT molecular complexity index is 874. The van der Waals surface area contributed by atoms with Gasteiger partial charge in [0.15, 0.2) is 5.82 Å². The third kappa shape index (κ3) is 4.69. The van der Waals surface area contributed by atoms with Crippen molar-refractivity contribution < 1.29 is 4.79 Å². The Morgan fingerprint density at radius 1 is 1.22 bits per heavy atom. The van der Waals surface area contributed by atoms with Crippen LogP contribution in [0.5, 0.6) is 0 Å². The number of anilines is 1. The number of benzene rings is 1. The summed E-state index contributed by atoms with van der Waals surface area (Å²) in [5.41, 5.74) is 2.59. The van der Waals surface area contributed by atoms with Gasteiger partial charge in [0.2, 0.25) is 0 Å². The zero-order valence-corrected chi connectivity index (χ0v) is 15.8. The fraction of sp³-hybridized carbons (Fsp3) is 0.300. The predicted octanol–water partition coefficient (Wildman–Crippen LogP) is 2.68. The smallest absolute Gasteiger partial charge is 0.251 e. The lowest BCUT2D eigenvalue weighted by Crippen LogP contribution is -2.24. The summed E-state index contributed by atoms with van der Waals surface area (Å²) in [4.78, 5) is 23.0. The van der Waals surface area contributed by atoms with Gasteiger partial charge in [-0.1, -0.05) is 19.9 Å². The number of nitrogens with one attached hydrogen (secondary N) is 1. The second-order valence-electron chi connectivity index (χ2n) is 6.83. The second-order valence-corrected chi connectivity index (χ2v) is 6.83. The van der Waals surface area contributed by atoms with E-state index in [4.69, 9.17) is 0 Å². The van der Waals surface area contributed by atoms with Crippen molar-refractivity contribution in [2.75, 3.05) is 18.5 Å². The van der Waals surface area contributed by atoms with Gasteiger partial charge >= 0.3 is 0 Å². The van der Waals surface area contributed by atoms with E-state index in [0.717, 1.165) is 17.8 Å². The van der Waals surface area contributed by atoms with Crippen LogP contribution < -0.4 is 10.2 Å². The van der Waals surface area contributed by atoms with Gasteiger partial charge < -0.3 is 10.2 Å². The fourth-order valence-electron chi connectivity index (χ4n) is 2.89. The number of aromatic nitrogens is 4. The molecule has 7 nitrogen and oxygen atoms in total. The number of pyridine rings is 1. The highest BCUT2D eigenvalue weighted by Gasteiger charge is 2.10. The number of carbonyl (C=O) groups excluding carboxylic acids is 1. The van der Waals surface area contributed by atoms with Gasteiger partial charge in [-0.3, -0.25) is 4.79 Å². The molecule has 1 amide bonds. The minimum atomic E-state index is -0.124. The number of nitrogens with zero attached hydrogens (tertiary/aromatic N) is 5. The maximum absolute atomic E-state index is 12.5. The van der Waals surface area contributed by atoms with Crippen molar-refractivity contribution in [3.05, 3.63) is 66.4 Å². The zero-order valence-electron chi connectivity index (χ0n) is 15.8. The maximum atomic E-state index is 12.5. The number of rotatable bonds is 7. The van der Waals surface area contributed by atoms with E-state index in [-0.39, 0.29) is 5.91 Å². The van der Waals surface area contributed by atoms with E-state index in [2.05, 4.69) is 46.2 Å². The molecule has 0 bridgehead atoms. The first-order chi connectivity index (χ1) is 13.0. The van der Waals surface area contributed by atoms with Gasteiger partial charge in [0.25, 0.3) is 5.91 Å². The first kappa shape index (κ1) is 18.6. The molecular formula is C20H24N6O. The number of carbonyl (C=O) groups is 1. The molecule has 3 rings (SSSR count). The molecule has 3 aromatic rings. The molecule has 1 N–H and O–H groups in total. The van der Waals surface area contributed by atoms with Crippen LogP contribution in [0, 0.1) is 5.92 Å². The van der Waals surface area contributed by atoms with Crippen LogP contribution in [0.15, 0.2) is 55.2 Å². The van der Waals surface area contributed by atoms with Crippen molar-refractivity contribution in [3.63, 3.8) is 0 Å². The standard InChI is InChI=1S/C20H24N6O/c1-15(2)12-25(3)18-8-6-16(7-9-18)20(27)23-11-17-5-4-10-22-19(17)26-14-21-13-24-26/h4-10,13-15H,11-12H2,1-3H3,(H,23,27). The van der Waals surface area contributed by atoms with E-state index in [1.54, 1.807) is 17.2 Å². The van der Waals surface area contributed by atoms with Crippen LogP contribution in [0.4, 0.5) is 5.69 Å². The van der Waals surface area contributed by atoms with Crippen LogP contribution in [0.25, 0.3) is 5.82 Å². The van der Waals surface area contributed by atoms with Gasteiger partial charge in [-0.2, -0.15) is 5.10 Å². The summed E-state index contributed by atoms with van der Waals surface area (Å²) in [5, 5.41) is 7.05. The van der Waals surface area contributed by atoms with Crippen LogP contribution >= 0.6 is 0 Å². The summed E-state index contributed by atoms with van der Waals surface area (Å²) in [6.45, 7) is 5.70. The zero-order chi connectivity index (χ0) is 19.2.